The summed E-state index contributed by atoms with van der Waals surface area (Å²) in [4.78, 5) is 0. The molecule has 2 N–H and O–H groups in total. The van der Waals surface area contributed by atoms with Gasteiger partial charge in [0.1, 0.15) is 93.4 Å². The van der Waals surface area contributed by atoms with Crippen LogP contribution in [0.3, 0.4) is 0 Å². The van der Waals surface area contributed by atoms with Gasteiger partial charge < -0.3 is 47.7 Å². The standard InChI is InChI=1S/C93H90O12P2/c1-57-43-69(44-58(2)87(57)100-73-47-61(5)89(62(6)48-73)102-91(9,10)53-65-31-35-67(36-32-65)55-98-72-40-41-79(95)85(52-72)106(96)83-29-21-17-25-77(83)75-23-15-19-27-80(75)104-106)93(13,14)70-45-59(3)88(60(4)46-70)101-74-49-63(7)90(64(8)50-74)103-92(11,12)54-66-33-37-68(38-34-66)56-99-82-42-39-71(94)51-86(82)107(97)84-30-22-18-26-78(84)76-24-16-20-28-81(76)105-107/h15-52,94-95H,53-56H2,1-14H3. The molecule has 0 bridgehead atoms. The molecule has 0 spiro atoms. The van der Waals surface area contributed by atoms with Gasteiger partial charge in [-0.25, -0.2) is 0 Å². The second kappa shape index (κ2) is 28.8. The second-order valence-electron chi connectivity index (χ2n) is 30.4. The number of hydrogen-bond donors (Lipinski definition) is 2. The van der Waals surface area contributed by atoms with Gasteiger partial charge in [0.15, 0.2) is 0 Å². The molecule has 107 heavy (non-hydrogen) atoms. The van der Waals surface area contributed by atoms with Crippen molar-refractivity contribution in [2.24, 2.45) is 0 Å². The monoisotopic (exact) mass is 1460 g/mol. The highest BCUT2D eigenvalue weighted by atomic mass is 31.2. The van der Waals surface area contributed by atoms with Crippen molar-refractivity contribution < 1.29 is 56.8 Å². The molecule has 0 saturated heterocycles. The number of phenols is 2. The molecule has 2 heterocycles. The topological polar surface area (TPSA) is 148 Å². The third-order valence-corrected chi connectivity index (χ3v) is 25.2. The van der Waals surface area contributed by atoms with Gasteiger partial charge in [0.2, 0.25) is 0 Å². The van der Waals surface area contributed by atoms with Gasteiger partial charge in [0, 0.05) is 29.4 Å². The van der Waals surface area contributed by atoms with Gasteiger partial charge in [0.05, 0.1) is 21.2 Å². The van der Waals surface area contributed by atoms with Crippen LogP contribution >= 0.6 is 14.7 Å². The minimum absolute atomic E-state index is 0.0308. The van der Waals surface area contributed by atoms with Crippen LogP contribution in [0.2, 0.25) is 0 Å². The van der Waals surface area contributed by atoms with Crippen molar-refractivity contribution in [1.29, 1.82) is 0 Å². The lowest BCUT2D eigenvalue weighted by Gasteiger charge is -2.30. The number of hydrogen-bond acceptors (Lipinski definition) is 12. The minimum Gasteiger partial charge on any atom is -0.508 e. The Labute approximate surface area is 628 Å². The summed E-state index contributed by atoms with van der Waals surface area (Å²) < 4.78 is 82.5. The summed E-state index contributed by atoms with van der Waals surface area (Å²) in [6, 6.07) is 73.3. The average molecular weight is 1460 g/mol. The minimum atomic E-state index is -3.73. The van der Waals surface area contributed by atoms with Gasteiger partial charge in [-0.1, -0.05) is 159 Å². The summed E-state index contributed by atoms with van der Waals surface area (Å²) >= 11 is 0. The smallest absolute Gasteiger partial charge is 0.311 e. The molecule has 2 aliphatic rings. The van der Waals surface area contributed by atoms with Gasteiger partial charge in [-0.05, 0) is 257 Å². The van der Waals surface area contributed by atoms with Crippen molar-refractivity contribution in [3.05, 3.63) is 308 Å². The summed E-state index contributed by atoms with van der Waals surface area (Å²) in [7, 11) is -7.46. The summed E-state index contributed by atoms with van der Waals surface area (Å²) in [6.45, 7) is 30.2. The normalized spacial score (nSPS) is 15.2. The zero-order valence-corrected chi connectivity index (χ0v) is 64.9. The van der Waals surface area contributed by atoms with Crippen LogP contribution < -0.4 is 58.7 Å². The van der Waals surface area contributed by atoms with E-state index in [1.54, 1.807) is 30.3 Å². The van der Waals surface area contributed by atoms with Crippen LogP contribution in [0, 0.1) is 55.4 Å². The molecule has 2 aliphatic heterocycles. The highest BCUT2D eigenvalue weighted by Crippen LogP contribution is 2.57. The van der Waals surface area contributed by atoms with E-state index >= 15 is 4.57 Å². The Bertz CT molecular complexity index is 5440. The van der Waals surface area contributed by atoms with Crippen LogP contribution in [-0.2, 0) is 40.6 Å². The second-order valence-corrected chi connectivity index (χ2v) is 34.9. The highest BCUT2D eigenvalue weighted by molar-refractivity contribution is 7.75. The van der Waals surface area contributed by atoms with Crippen LogP contribution in [0.1, 0.15) is 119 Å². The fraction of sp³-hybridized carbons (Fsp3) is 0.226. The fourth-order valence-electron chi connectivity index (χ4n) is 14.9. The first-order valence-corrected chi connectivity index (χ1v) is 39.5. The fourth-order valence-corrected chi connectivity index (χ4v) is 19.7. The number of ether oxygens (including phenoxy) is 6. The molecule has 0 radical (unpaired) electrons. The number of aryl methyl sites for hydroxylation is 8. The summed E-state index contributed by atoms with van der Waals surface area (Å²) in [5.74, 6) is 6.50. The predicted octanol–water partition coefficient (Wildman–Crippen LogP) is 22.0. The van der Waals surface area contributed by atoms with Crippen LogP contribution in [0.25, 0.3) is 22.3 Å². The summed E-state index contributed by atoms with van der Waals surface area (Å²) in [5, 5.41) is 23.4. The number of rotatable bonds is 22. The molecule has 544 valence electrons. The van der Waals surface area contributed by atoms with E-state index in [4.69, 9.17) is 37.5 Å². The van der Waals surface area contributed by atoms with E-state index in [-0.39, 0.29) is 35.4 Å². The molecule has 12 nitrogen and oxygen atoms in total. The molecule has 14 rings (SSSR count). The van der Waals surface area contributed by atoms with Crippen molar-refractivity contribution in [2.75, 3.05) is 0 Å². The quantitative estimate of drug-likeness (QED) is 0.0622. The van der Waals surface area contributed by atoms with Crippen molar-refractivity contribution in [2.45, 2.75) is 140 Å². The molecule has 0 saturated carbocycles. The van der Waals surface area contributed by atoms with Gasteiger partial charge >= 0.3 is 14.7 Å². The van der Waals surface area contributed by atoms with Gasteiger partial charge in [0.25, 0.3) is 0 Å². The van der Waals surface area contributed by atoms with E-state index in [1.807, 2.05) is 109 Å². The molecule has 0 aromatic heterocycles. The van der Waals surface area contributed by atoms with E-state index in [0.717, 1.165) is 124 Å². The molecule has 12 aromatic carbocycles. The molecule has 12 aromatic rings. The zero-order valence-electron chi connectivity index (χ0n) is 63.1. The first kappa shape index (κ1) is 73.0. The molecule has 0 aliphatic carbocycles. The number of benzene rings is 12. The SMILES string of the molecule is Cc1cc(C(C)(C)c2cc(C)c(Oc3cc(C)c(OC(C)(C)Cc4ccc(COc5ccc(O)cc5P5(=O)Oc6ccccc6-c6ccccc65)cc4)c(C)c3)c(C)c2)cc(C)c1Oc1cc(C)c(OC(C)(C)Cc2ccc(COc3ccc(O)c(P4(=O)Oc5ccccc5-c5ccccc54)c3)cc2)c(C)c1. The first-order valence-electron chi connectivity index (χ1n) is 36.3. The first-order chi connectivity index (χ1) is 51.0. The Morgan fingerprint density at radius 2 is 0.720 bits per heavy atom. The molecule has 2 atom stereocenters. The summed E-state index contributed by atoms with van der Waals surface area (Å²) in [5.41, 5.74) is 16.4. The lowest BCUT2D eigenvalue weighted by atomic mass is 9.76. The molecule has 2 unspecified atom stereocenters. The third-order valence-electron chi connectivity index (χ3n) is 20.3. The summed E-state index contributed by atoms with van der Waals surface area (Å²) in [6.07, 6.45) is 1.30. The third kappa shape index (κ3) is 14.9. The van der Waals surface area contributed by atoms with Gasteiger partial charge in [-0.2, -0.15) is 0 Å². The van der Waals surface area contributed by atoms with Crippen LogP contribution in [0.4, 0.5) is 0 Å². The lowest BCUT2D eigenvalue weighted by molar-refractivity contribution is 0.107. The molecule has 0 amide bonds. The maximum absolute atomic E-state index is 15.1. The predicted molar refractivity (Wildman–Crippen MR) is 429 cm³/mol. The Morgan fingerprint density at radius 1 is 0.346 bits per heavy atom. The van der Waals surface area contributed by atoms with E-state index in [0.29, 0.717) is 51.8 Å². The van der Waals surface area contributed by atoms with E-state index in [1.165, 1.54) is 29.3 Å². The van der Waals surface area contributed by atoms with E-state index < -0.39 is 25.9 Å². The van der Waals surface area contributed by atoms with Crippen molar-refractivity contribution in [3.63, 3.8) is 0 Å². The van der Waals surface area contributed by atoms with Gasteiger partial charge in [-0.15, -0.1) is 0 Å². The number of fused-ring (bicyclic) bond motifs is 6. The number of phenolic OH excluding ortho intramolecular Hbond substituents is 2. The largest absolute Gasteiger partial charge is 0.508 e. The van der Waals surface area contributed by atoms with Gasteiger partial charge in [-0.3, -0.25) is 9.13 Å². The molecule has 14 heteroatoms. The zero-order chi connectivity index (χ0) is 75.5. The van der Waals surface area contributed by atoms with Crippen molar-refractivity contribution in [1.82, 2.24) is 0 Å². The molecular formula is C93H90O12P2. The average Bonchev–Trinajstić information content (AvgIpc) is 0.743. The lowest BCUT2D eigenvalue weighted by Crippen LogP contribution is -2.31. The number of para-hydroxylation sites is 2. The van der Waals surface area contributed by atoms with E-state index in [9.17, 15) is 14.8 Å². The number of aromatic hydroxyl groups is 2. The Balaban J connectivity index is 0.576. The molecule has 0 fully saturated rings. The van der Waals surface area contributed by atoms with Crippen molar-refractivity contribution >= 4 is 36.0 Å². The van der Waals surface area contributed by atoms with Crippen LogP contribution in [-0.4, -0.2) is 21.4 Å². The Kier molecular flexibility index (Phi) is 19.6. The van der Waals surface area contributed by atoms with Crippen LogP contribution in [0.15, 0.2) is 231 Å². The Hall–Kier alpha value is -10.9. The maximum Gasteiger partial charge on any atom is 0.311 e. The molecular weight excluding hydrogens is 1370 g/mol. The van der Waals surface area contributed by atoms with E-state index in [2.05, 4.69) is 170 Å². The maximum atomic E-state index is 15.1. The highest BCUT2D eigenvalue weighted by Gasteiger charge is 2.42. The van der Waals surface area contributed by atoms with Crippen LogP contribution in [0.5, 0.6) is 69.0 Å². The van der Waals surface area contributed by atoms with Crippen molar-refractivity contribution in [3.8, 4) is 91.2 Å². The Morgan fingerprint density at radius 3 is 1.16 bits per heavy atom.